The Kier molecular flexibility index (Phi) is 7.12. The number of carbonyl (C=O) groups excluding carboxylic acids is 4. The number of hydrogen-bond donors (Lipinski definition) is 0. The summed E-state index contributed by atoms with van der Waals surface area (Å²) in [7, 11) is 0. The first-order valence-corrected chi connectivity index (χ1v) is 20.6. The third kappa shape index (κ3) is 4.69. The molecule has 5 aromatic rings. The van der Waals surface area contributed by atoms with Crippen LogP contribution in [0.2, 0.25) is 0 Å². The third-order valence-electron chi connectivity index (χ3n) is 11.7. The Hall–Kier alpha value is -4.50. The average Bonchev–Trinajstić information content (AvgIpc) is 3.98. The lowest BCUT2D eigenvalue weighted by Gasteiger charge is -2.21. The Balaban J connectivity index is 1.01. The van der Waals surface area contributed by atoms with Gasteiger partial charge in [0.25, 0.3) is 0 Å². The van der Waals surface area contributed by atoms with Crippen LogP contribution >= 0.6 is 45.3 Å². The van der Waals surface area contributed by atoms with E-state index in [1.54, 1.807) is 34.8 Å². The fourth-order valence-electron chi connectivity index (χ4n) is 8.85. The van der Waals surface area contributed by atoms with Gasteiger partial charge in [-0.05, 0) is 64.2 Å². The topological polar surface area (TPSA) is 68.3 Å². The van der Waals surface area contributed by atoms with E-state index in [4.69, 9.17) is 0 Å². The van der Waals surface area contributed by atoms with E-state index in [9.17, 15) is 45.5 Å². The number of hydrogen-bond acceptors (Lipinski definition) is 8. The van der Waals surface area contributed by atoms with E-state index in [-0.39, 0.29) is 22.3 Å². The van der Waals surface area contributed by atoms with Crippen LogP contribution in [0.5, 0.6) is 0 Å². The third-order valence-corrected chi connectivity index (χ3v) is 16.7. The van der Waals surface area contributed by atoms with E-state index in [1.807, 2.05) is 12.1 Å². The zero-order valence-corrected chi connectivity index (χ0v) is 32.7. The molecule has 0 aliphatic heterocycles. The van der Waals surface area contributed by atoms with Crippen LogP contribution in [-0.2, 0) is 31.4 Å². The SMILES string of the molecule is CC1(C)c2cc(/C=C3\C(=O)C(=O)c4cc(C(F)(F)F)ccc43)sc2-c2sc3c4c(sc3c21)-c1sc(/C=C2\C(=O)C(=O)C3C=C(C(F)(F)F)C=CC23)cc1C4(C)C. The molecule has 5 aliphatic rings. The minimum Gasteiger partial charge on any atom is -0.290 e. The first kappa shape index (κ1) is 35.9. The summed E-state index contributed by atoms with van der Waals surface area (Å²) < 4.78 is 82.6. The zero-order valence-electron chi connectivity index (χ0n) is 29.5. The predicted octanol–water partition coefficient (Wildman–Crippen LogP) is 11.8. The number of ketones is 4. The lowest BCUT2D eigenvalue weighted by atomic mass is 9.82. The van der Waals surface area contributed by atoms with Gasteiger partial charge in [0.2, 0.25) is 23.1 Å². The van der Waals surface area contributed by atoms with Crippen LogP contribution in [0.1, 0.15) is 81.2 Å². The van der Waals surface area contributed by atoms with Gasteiger partial charge in [0, 0.05) is 53.0 Å². The van der Waals surface area contributed by atoms with Crippen LogP contribution in [-0.4, -0.2) is 29.3 Å². The van der Waals surface area contributed by atoms with Crippen molar-refractivity contribution in [2.45, 2.75) is 50.9 Å². The Morgan fingerprint density at radius 3 is 1.75 bits per heavy atom. The normalized spacial score (nSPS) is 23.0. The molecule has 1 saturated carbocycles. The molecule has 4 aromatic heterocycles. The predicted molar refractivity (Wildman–Crippen MR) is 207 cm³/mol. The molecule has 282 valence electrons. The standard InChI is InChI=1S/C42H24F6O4S4/c1-39(2)25-13-17(11-23-19-7-5-15(41(43,44)45)9-21(19)29(49)31(23)51)53-33(25)35-27(39)37-38(55-35)28-36(56-37)34-26(40(28,3)4)14-18(54-34)12-24-20-8-6-16(42(46,47)48)10-22(20)30(50)32(24)52/h5-14,19,21H,1-4H3/b23-11-,24-12-. The Morgan fingerprint density at radius 2 is 1.20 bits per heavy atom. The summed E-state index contributed by atoms with van der Waals surface area (Å²) in [5.74, 6) is -5.29. The molecule has 0 bridgehead atoms. The molecule has 1 fully saturated rings. The molecule has 0 N–H and O–H groups in total. The Morgan fingerprint density at radius 1 is 0.625 bits per heavy atom. The van der Waals surface area contributed by atoms with E-state index in [0.29, 0.717) is 0 Å². The second-order valence-electron chi connectivity index (χ2n) is 15.6. The number of halogens is 6. The van der Waals surface area contributed by atoms with Gasteiger partial charge in [-0.15, -0.1) is 45.3 Å². The highest BCUT2D eigenvalue weighted by Gasteiger charge is 2.49. The van der Waals surface area contributed by atoms with Gasteiger partial charge in [0.15, 0.2) is 0 Å². The van der Waals surface area contributed by atoms with E-state index in [2.05, 4.69) is 27.7 Å². The molecular weight excluding hydrogens is 811 g/mol. The van der Waals surface area contributed by atoms with Crippen LogP contribution in [0.25, 0.3) is 46.6 Å². The fraction of sp³-hybridized carbons (Fsp3) is 0.238. The van der Waals surface area contributed by atoms with Crippen molar-refractivity contribution < 1.29 is 45.5 Å². The van der Waals surface area contributed by atoms with Gasteiger partial charge in [-0.3, -0.25) is 19.2 Å². The second kappa shape index (κ2) is 11.1. The second-order valence-corrected chi connectivity index (χ2v) is 19.8. The molecule has 2 atom stereocenters. The molecule has 5 aliphatic carbocycles. The lowest BCUT2D eigenvalue weighted by molar-refractivity contribution is -0.137. The Labute approximate surface area is 330 Å². The van der Waals surface area contributed by atoms with Gasteiger partial charge in [0.1, 0.15) is 0 Å². The molecule has 4 nitrogen and oxygen atoms in total. The van der Waals surface area contributed by atoms with Crippen molar-refractivity contribution in [1.82, 2.24) is 0 Å². The highest BCUT2D eigenvalue weighted by Crippen LogP contribution is 2.66. The molecule has 56 heavy (non-hydrogen) atoms. The maximum Gasteiger partial charge on any atom is 0.416 e. The maximum atomic E-state index is 13.4. The molecule has 2 unspecified atom stereocenters. The van der Waals surface area contributed by atoms with E-state index < -0.39 is 69.3 Å². The van der Waals surface area contributed by atoms with E-state index >= 15 is 0 Å². The van der Waals surface area contributed by atoms with E-state index in [0.717, 1.165) is 64.7 Å². The van der Waals surface area contributed by atoms with Gasteiger partial charge in [0.05, 0.1) is 36.2 Å². The van der Waals surface area contributed by atoms with Gasteiger partial charge >= 0.3 is 12.4 Å². The minimum absolute atomic E-state index is 0.0796. The molecule has 4 heterocycles. The van der Waals surface area contributed by atoms with Crippen LogP contribution in [0.4, 0.5) is 26.3 Å². The summed E-state index contributed by atoms with van der Waals surface area (Å²) in [5.41, 5.74) is 1.99. The quantitative estimate of drug-likeness (QED) is 0.101. The first-order valence-electron chi connectivity index (χ1n) is 17.4. The number of thiophene rings is 4. The van der Waals surface area contributed by atoms with Crippen LogP contribution in [0.15, 0.2) is 59.7 Å². The largest absolute Gasteiger partial charge is 0.416 e. The number of benzene rings is 1. The molecule has 0 radical (unpaired) electrons. The smallest absolute Gasteiger partial charge is 0.290 e. The zero-order chi connectivity index (χ0) is 39.8. The highest BCUT2D eigenvalue weighted by atomic mass is 32.1. The number of alkyl halides is 6. The lowest BCUT2D eigenvalue weighted by Crippen LogP contribution is -2.21. The van der Waals surface area contributed by atoms with Gasteiger partial charge in [-0.1, -0.05) is 52.0 Å². The highest BCUT2D eigenvalue weighted by molar-refractivity contribution is 7.34. The molecule has 14 heteroatoms. The monoisotopic (exact) mass is 834 g/mol. The first-order chi connectivity index (χ1) is 26.2. The average molecular weight is 835 g/mol. The fourth-order valence-corrected chi connectivity index (χ4v) is 15.2. The molecule has 1 aromatic carbocycles. The number of fused-ring (bicyclic) bond motifs is 11. The summed E-state index contributed by atoms with van der Waals surface area (Å²) in [6, 6.07) is 6.83. The van der Waals surface area contributed by atoms with Crippen LogP contribution < -0.4 is 0 Å². The summed E-state index contributed by atoms with van der Waals surface area (Å²) in [4.78, 5) is 57.5. The van der Waals surface area contributed by atoms with Crippen molar-refractivity contribution in [3.05, 3.63) is 108 Å². The molecule has 0 spiro atoms. The Bertz CT molecular complexity index is 2870. The van der Waals surface area contributed by atoms with Crippen molar-refractivity contribution in [3.63, 3.8) is 0 Å². The number of carbonyl (C=O) groups is 4. The van der Waals surface area contributed by atoms with Crippen LogP contribution in [0, 0.1) is 11.8 Å². The maximum absolute atomic E-state index is 13.4. The summed E-state index contributed by atoms with van der Waals surface area (Å²) in [6.45, 7) is 8.57. The molecule has 0 amide bonds. The summed E-state index contributed by atoms with van der Waals surface area (Å²) in [6.07, 6.45) is -2.88. The van der Waals surface area contributed by atoms with Crippen molar-refractivity contribution in [3.8, 4) is 19.5 Å². The van der Waals surface area contributed by atoms with Gasteiger partial charge in [-0.25, -0.2) is 0 Å². The van der Waals surface area contributed by atoms with Gasteiger partial charge in [-0.2, -0.15) is 26.3 Å². The molecule has 10 rings (SSSR count). The van der Waals surface area contributed by atoms with Crippen molar-refractivity contribution in [1.29, 1.82) is 0 Å². The van der Waals surface area contributed by atoms with Crippen molar-refractivity contribution in [2.75, 3.05) is 0 Å². The van der Waals surface area contributed by atoms with Crippen molar-refractivity contribution >= 4 is 95.6 Å². The summed E-state index contributed by atoms with van der Waals surface area (Å²) in [5, 5.41) is 0. The number of allylic oxidation sites excluding steroid dienone is 6. The summed E-state index contributed by atoms with van der Waals surface area (Å²) >= 11 is 6.39. The van der Waals surface area contributed by atoms with Gasteiger partial charge < -0.3 is 0 Å². The minimum atomic E-state index is -4.65. The van der Waals surface area contributed by atoms with Crippen LogP contribution in [0.3, 0.4) is 0 Å². The molecular formula is C42H24F6O4S4. The molecule has 0 saturated heterocycles. The van der Waals surface area contributed by atoms with E-state index in [1.165, 1.54) is 55.3 Å². The number of Topliss-reactive ketones (excluding diaryl/α,β-unsaturated/α-hetero) is 4. The van der Waals surface area contributed by atoms with Crippen molar-refractivity contribution in [2.24, 2.45) is 11.8 Å². The number of rotatable bonds is 2.